The number of morpholine rings is 1. The number of amides is 1. The van der Waals surface area contributed by atoms with Gasteiger partial charge in [-0.25, -0.2) is 0 Å². The first kappa shape index (κ1) is 11.5. The van der Waals surface area contributed by atoms with E-state index >= 15 is 0 Å². The lowest BCUT2D eigenvalue weighted by atomic mass is 10.2. The van der Waals surface area contributed by atoms with Crippen molar-refractivity contribution in [3.63, 3.8) is 0 Å². The highest BCUT2D eigenvalue weighted by atomic mass is 16.5. The van der Waals surface area contributed by atoms with Gasteiger partial charge < -0.3 is 14.6 Å². The Kier molecular flexibility index (Phi) is 2.70. The number of ether oxygens (including phenoxy) is 1. The van der Waals surface area contributed by atoms with E-state index in [9.17, 15) is 9.59 Å². The van der Waals surface area contributed by atoms with Crippen molar-refractivity contribution in [2.24, 2.45) is 0 Å². The maximum atomic E-state index is 12.3. The van der Waals surface area contributed by atoms with Gasteiger partial charge in [0.1, 0.15) is 5.56 Å². The quantitative estimate of drug-likeness (QED) is 0.795. The SMILES string of the molecule is Cc1cc(=O)c(C(=O)N2CC3CCC(C2)O3)c[nH]1. The van der Waals surface area contributed by atoms with Gasteiger partial charge in [0.15, 0.2) is 5.43 Å². The molecule has 1 aromatic rings. The highest BCUT2D eigenvalue weighted by Gasteiger charge is 2.36. The molecule has 0 radical (unpaired) electrons. The molecule has 2 aliphatic heterocycles. The standard InChI is InChI=1S/C13H16N2O3/c1-8-4-12(16)11(5-14-8)13(17)15-6-9-2-3-10(7-15)18-9/h4-5,9-10H,2-3,6-7H2,1H3,(H,14,16). The van der Waals surface area contributed by atoms with E-state index in [1.807, 2.05) is 0 Å². The van der Waals surface area contributed by atoms with Crippen molar-refractivity contribution in [3.05, 3.63) is 33.7 Å². The van der Waals surface area contributed by atoms with Crippen molar-refractivity contribution >= 4 is 5.91 Å². The number of nitrogens with one attached hydrogen (secondary N) is 1. The van der Waals surface area contributed by atoms with E-state index in [1.54, 1.807) is 11.8 Å². The first-order valence-electron chi connectivity index (χ1n) is 6.27. The number of hydrogen-bond donors (Lipinski definition) is 1. The first-order valence-corrected chi connectivity index (χ1v) is 6.27. The maximum absolute atomic E-state index is 12.3. The number of nitrogens with zero attached hydrogens (tertiary/aromatic N) is 1. The molecule has 2 saturated heterocycles. The van der Waals surface area contributed by atoms with Crippen molar-refractivity contribution < 1.29 is 9.53 Å². The maximum Gasteiger partial charge on any atom is 0.259 e. The van der Waals surface area contributed by atoms with Crippen molar-refractivity contribution in [3.8, 4) is 0 Å². The van der Waals surface area contributed by atoms with Crippen LogP contribution in [0.25, 0.3) is 0 Å². The molecule has 3 rings (SSSR count). The number of aryl methyl sites for hydroxylation is 1. The minimum Gasteiger partial charge on any atom is -0.371 e. The molecule has 2 atom stereocenters. The van der Waals surface area contributed by atoms with Crippen molar-refractivity contribution in [2.75, 3.05) is 13.1 Å². The molecule has 2 bridgehead atoms. The number of pyridine rings is 1. The zero-order valence-electron chi connectivity index (χ0n) is 10.3. The molecular formula is C13H16N2O3. The van der Waals surface area contributed by atoms with Gasteiger partial charge in [0, 0.05) is 31.0 Å². The zero-order valence-corrected chi connectivity index (χ0v) is 10.3. The van der Waals surface area contributed by atoms with Gasteiger partial charge >= 0.3 is 0 Å². The Morgan fingerprint density at radius 3 is 2.67 bits per heavy atom. The number of carbonyl (C=O) groups is 1. The number of likely N-dealkylation sites (tertiary alicyclic amines) is 1. The fourth-order valence-electron chi connectivity index (χ4n) is 2.69. The van der Waals surface area contributed by atoms with E-state index < -0.39 is 0 Å². The fourth-order valence-corrected chi connectivity index (χ4v) is 2.69. The third-order valence-corrected chi connectivity index (χ3v) is 3.62. The summed E-state index contributed by atoms with van der Waals surface area (Å²) >= 11 is 0. The molecule has 2 unspecified atom stereocenters. The minimum atomic E-state index is -0.213. The van der Waals surface area contributed by atoms with E-state index in [4.69, 9.17) is 4.74 Å². The Morgan fingerprint density at radius 2 is 2.06 bits per heavy atom. The number of hydrogen-bond acceptors (Lipinski definition) is 3. The van der Waals surface area contributed by atoms with Gasteiger partial charge in [-0.15, -0.1) is 0 Å². The second-order valence-corrected chi connectivity index (χ2v) is 5.06. The number of aromatic amines is 1. The van der Waals surface area contributed by atoms with Crippen LogP contribution in [0.15, 0.2) is 17.1 Å². The molecule has 5 heteroatoms. The van der Waals surface area contributed by atoms with Gasteiger partial charge in [-0.05, 0) is 19.8 Å². The second kappa shape index (κ2) is 4.24. The van der Waals surface area contributed by atoms with Crippen LogP contribution >= 0.6 is 0 Å². The molecule has 1 amide bonds. The molecule has 3 heterocycles. The van der Waals surface area contributed by atoms with Gasteiger partial charge in [0.2, 0.25) is 0 Å². The van der Waals surface area contributed by atoms with Gasteiger partial charge in [0.25, 0.3) is 5.91 Å². The number of aromatic nitrogens is 1. The lowest BCUT2D eigenvalue weighted by Crippen LogP contribution is -2.46. The Morgan fingerprint density at radius 1 is 1.39 bits per heavy atom. The summed E-state index contributed by atoms with van der Waals surface area (Å²) in [5.41, 5.74) is 0.774. The fraction of sp³-hybridized carbons (Fsp3) is 0.538. The summed E-state index contributed by atoms with van der Waals surface area (Å²) in [6.45, 7) is 3.00. The number of H-pyrrole nitrogens is 1. The number of rotatable bonds is 1. The normalized spacial score (nSPS) is 26.4. The van der Waals surface area contributed by atoms with Crippen LogP contribution < -0.4 is 5.43 Å². The predicted octanol–water partition coefficient (Wildman–Crippen LogP) is 0.687. The van der Waals surface area contributed by atoms with Crippen molar-refractivity contribution in [2.45, 2.75) is 32.0 Å². The molecule has 1 N–H and O–H groups in total. The van der Waals surface area contributed by atoms with Crippen LogP contribution in [0.5, 0.6) is 0 Å². The minimum absolute atomic E-state index is 0.150. The average Bonchev–Trinajstić information content (AvgIpc) is 2.67. The molecule has 18 heavy (non-hydrogen) atoms. The number of fused-ring (bicyclic) bond motifs is 2. The van der Waals surface area contributed by atoms with Crippen LogP contribution in [0, 0.1) is 6.92 Å². The topological polar surface area (TPSA) is 62.4 Å². The highest BCUT2D eigenvalue weighted by Crippen LogP contribution is 2.26. The van der Waals surface area contributed by atoms with Crippen LogP contribution in [-0.2, 0) is 4.74 Å². The van der Waals surface area contributed by atoms with Crippen molar-refractivity contribution in [1.29, 1.82) is 0 Å². The van der Waals surface area contributed by atoms with Crippen LogP contribution in [0.4, 0.5) is 0 Å². The Bertz CT molecular complexity index is 525. The molecule has 0 aromatic carbocycles. The number of carbonyl (C=O) groups excluding carboxylic acids is 1. The molecule has 5 nitrogen and oxygen atoms in total. The van der Waals surface area contributed by atoms with E-state index in [1.165, 1.54) is 12.3 Å². The van der Waals surface area contributed by atoms with Crippen LogP contribution in [-0.4, -0.2) is 41.1 Å². The van der Waals surface area contributed by atoms with E-state index in [-0.39, 0.29) is 29.1 Å². The monoisotopic (exact) mass is 248 g/mol. The Hall–Kier alpha value is -1.62. The molecule has 2 fully saturated rings. The first-order chi connectivity index (χ1) is 8.63. The largest absolute Gasteiger partial charge is 0.371 e. The molecule has 2 aliphatic rings. The predicted molar refractivity (Wildman–Crippen MR) is 65.6 cm³/mol. The Balaban J connectivity index is 1.84. The molecule has 1 aromatic heterocycles. The third kappa shape index (κ3) is 1.95. The summed E-state index contributed by atoms with van der Waals surface area (Å²) in [4.78, 5) is 28.8. The van der Waals surface area contributed by atoms with Crippen molar-refractivity contribution in [1.82, 2.24) is 9.88 Å². The van der Waals surface area contributed by atoms with Gasteiger partial charge in [0.05, 0.1) is 12.2 Å². The van der Waals surface area contributed by atoms with Crippen LogP contribution in [0.1, 0.15) is 28.9 Å². The lowest BCUT2D eigenvalue weighted by Gasteiger charge is -2.32. The average molecular weight is 248 g/mol. The smallest absolute Gasteiger partial charge is 0.259 e. The molecule has 0 spiro atoms. The van der Waals surface area contributed by atoms with Gasteiger partial charge in [-0.3, -0.25) is 9.59 Å². The van der Waals surface area contributed by atoms with E-state index in [2.05, 4.69) is 4.98 Å². The second-order valence-electron chi connectivity index (χ2n) is 5.06. The molecule has 0 saturated carbocycles. The zero-order chi connectivity index (χ0) is 12.7. The Labute approximate surface area is 105 Å². The van der Waals surface area contributed by atoms with E-state index in [0.717, 1.165) is 18.5 Å². The summed E-state index contributed by atoms with van der Waals surface area (Å²) < 4.78 is 5.68. The molecule has 0 aliphatic carbocycles. The summed E-state index contributed by atoms with van der Waals surface area (Å²) in [6.07, 6.45) is 3.84. The van der Waals surface area contributed by atoms with Crippen LogP contribution in [0.2, 0.25) is 0 Å². The third-order valence-electron chi connectivity index (χ3n) is 3.62. The summed E-state index contributed by atoms with van der Waals surface area (Å²) in [5, 5.41) is 0. The van der Waals surface area contributed by atoms with Gasteiger partial charge in [-0.1, -0.05) is 0 Å². The summed E-state index contributed by atoms with van der Waals surface area (Å²) in [5.74, 6) is -0.184. The van der Waals surface area contributed by atoms with Crippen LogP contribution in [0.3, 0.4) is 0 Å². The lowest BCUT2D eigenvalue weighted by molar-refractivity contribution is -0.0304. The summed E-state index contributed by atoms with van der Waals surface area (Å²) in [7, 11) is 0. The molecule has 96 valence electrons. The van der Waals surface area contributed by atoms with Gasteiger partial charge in [-0.2, -0.15) is 0 Å². The van der Waals surface area contributed by atoms with E-state index in [0.29, 0.717) is 13.1 Å². The summed E-state index contributed by atoms with van der Waals surface area (Å²) in [6, 6.07) is 1.46. The highest BCUT2D eigenvalue weighted by molar-refractivity contribution is 5.94. The molecular weight excluding hydrogens is 232 g/mol.